The molecular weight excluding hydrogens is 338 g/mol. The maximum atomic E-state index is 12.3. The molecule has 4 nitrogen and oxygen atoms in total. The quantitative estimate of drug-likeness (QED) is 0.771. The van der Waals surface area contributed by atoms with Gasteiger partial charge in [0.1, 0.15) is 5.51 Å². The lowest BCUT2D eigenvalue weighted by molar-refractivity contribution is -0.119. The zero-order chi connectivity index (χ0) is 17.7. The third kappa shape index (κ3) is 5.31. The first-order chi connectivity index (χ1) is 11.3. The molecule has 1 unspecified atom stereocenters. The molecule has 1 atom stereocenters. The van der Waals surface area contributed by atoms with E-state index in [1.807, 2.05) is 0 Å². The van der Waals surface area contributed by atoms with E-state index in [0.29, 0.717) is 11.7 Å². The van der Waals surface area contributed by atoms with Crippen molar-refractivity contribution in [2.45, 2.75) is 50.4 Å². The number of aromatic nitrogens is 2. The average molecular weight is 364 g/mol. The second-order valence-electron chi connectivity index (χ2n) is 7.15. The van der Waals surface area contributed by atoms with Crippen LogP contribution < -0.4 is 5.32 Å². The number of amides is 1. The van der Waals surface area contributed by atoms with E-state index >= 15 is 0 Å². The van der Waals surface area contributed by atoms with Gasteiger partial charge in [0.2, 0.25) is 5.91 Å². The van der Waals surface area contributed by atoms with Gasteiger partial charge in [0, 0.05) is 0 Å². The molecule has 2 rings (SSSR count). The van der Waals surface area contributed by atoms with Crippen LogP contribution in [0.2, 0.25) is 0 Å². The minimum Gasteiger partial charge on any atom is -0.348 e. The number of nitrogens with zero attached hydrogens (tertiary/aromatic N) is 2. The molecule has 24 heavy (non-hydrogen) atoms. The first-order valence-electron chi connectivity index (χ1n) is 8.06. The van der Waals surface area contributed by atoms with Crippen molar-refractivity contribution in [2.24, 2.45) is 5.92 Å². The fraction of sp³-hybridized carbons (Fsp3) is 0.500. The van der Waals surface area contributed by atoms with E-state index in [1.165, 1.54) is 28.7 Å². The normalized spacial score (nSPS) is 13.1. The van der Waals surface area contributed by atoms with E-state index in [2.05, 4.69) is 74.4 Å². The van der Waals surface area contributed by atoms with E-state index < -0.39 is 0 Å². The highest BCUT2D eigenvalue weighted by Crippen LogP contribution is 2.27. The van der Waals surface area contributed by atoms with Gasteiger partial charge in [0.25, 0.3) is 0 Å². The zero-order valence-electron chi connectivity index (χ0n) is 14.9. The van der Waals surface area contributed by atoms with Crippen molar-refractivity contribution in [3.8, 4) is 0 Å². The van der Waals surface area contributed by atoms with Gasteiger partial charge >= 0.3 is 0 Å². The minimum absolute atomic E-state index is 0.0153. The first-order valence-corrected chi connectivity index (χ1v) is 9.92. The van der Waals surface area contributed by atoms with Gasteiger partial charge in [0.05, 0.1) is 11.8 Å². The molecule has 0 aliphatic heterocycles. The maximum Gasteiger partial charge on any atom is 0.230 e. The van der Waals surface area contributed by atoms with Crippen LogP contribution in [0.15, 0.2) is 34.1 Å². The Hall–Kier alpha value is -1.40. The van der Waals surface area contributed by atoms with Gasteiger partial charge in [-0.25, -0.2) is 0 Å². The average Bonchev–Trinajstić information content (AvgIpc) is 3.03. The Morgan fingerprint density at radius 1 is 1.25 bits per heavy atom. The number of rotatable bonds is 6. The summed E-state index contributed by atoms with van der Waals surface area (Å²) in [6.07, 6.45) is 0. The maximum absolute atomic E-state index is 12.3. The molecule has 0 bridgehead atoms. The summed E-state index contributed by atoms with van der Waals surface area (Å²) < 4.78 is 0.820. The molecule has 2 aromatic rings. The molecule has 0 radical (unpaired) electrons. The molecule has 1 aromatic heterocycles. The molecule has 6 heteroatoms. The summed E-state index contributed by atoms with van der Waals surface area (Å²) in [6.45, 7) is 10.9. The predicted octanol–water partition coefficient (Wildman–Crippen LogP) is 4.44. The monoisotopic (exact) mass is 363 g/mol. The van der Waals surface area contributed by atoms with Crippen LogP contribution >= 0.6 is 23.1 Å². The Kier molecular flexibility index (Phi) is 6.40. The van der Waals surface area contributed by atoms with Gasteiger partial charge < -0.3 is 5.32 Å². The van der Waals surface area contributed by atoms with E-state index in [1.54, 1.807) is 5.51 Å². The number of carbonyl (C=O) groups is 1. The van der Waals surface area contributed by atoms with Crippen LogP contribution in [0.3, 0.4) is 0 Å². The minimum atomic E-state index is 0.0153. The molecule has 1 amide bonds. The summed E-state index contributed by atoms with van der Waals surface area (Å²) in [5.41, 5.74) is 4.25. The van der Waals surface area contributed by atoms with Crippen LogP contribution in [-0.4, -0.2) is 21.9 Å². The molecule has 0 spiro atoms. The van der Waals surface area contributed by atoms with Gasteiger partial charge in [-0.05, 0) is 22.5 Å². The lowest BCUT2D eigenvalue weighted by Gasteiger charge is -2.25. The Labute approximate surface area is 152 Å². The highest BCUT2D eigenvalue weighted by Gasteiger charge is 2.20. The SMILES string of the molecule is CC(C)C(NC(=O)CSc1nncs1)c1ccc(C(C)(C)C)cc1. The number of carbonyl (C=O) groups excluding carboxylic acids is 1. The van der Waals surface area contributed by atoms with Crippen LogP contribution in [-0.2, 0) is 10.2 Å². The molecule has 0 saturated heterocycles. The summed E-state index contributed by atoms with van der Waals surface area (Å²) in [7, 11) is 0. The van der Waals surface area contributed by atoms with Crippen LogP contribution in [0.4, 0.5) is 0 Å². The van der Waals surface area contributed by atoms with Gasteiger partial charge in [0.15, 0.2) is 4.34 Å². The molecule has 1 aromatic carbocycles. The molecule has 0 saturated carbocycles. The van der Waals surface area contributed by atoms with Crippen molar-refractivity contribution in [1.82, 2.24) is 15.5 Å². The highest BCUT2D eigenvalue weighted by atomic mass is 32.2. The van der Waals surface area contributed by atoms with Crippen LogP contribution in [0, 0.1) is 5.92 Å². The van der Waals surface area contributed by atoms with Crippen molar-refractivity contribution in [2.75, 3.05) is 5.75 Å². The van der Waals surface area contributed by atoms with Gasteiger partial charge in [-0.2, -0.15) is 0 Å². The van der Waals surface area contributed by atoms with E-state index in [4.69, 9.17) is 0 Å². The smallest absolute Gasteiger partial charge is 0.230 e. The topological polar surface area (TPSA) is 54.9 Å². The molecule has 1 N–H and O–H groups in total. The van der Waals surface area contributed by atoms with Crippen molar-refractivity contribution < 1.29 is 4.79 Å². The van der Waals surface area contributed by atoms with Crippen molar-refractivity contribution in [3.05, 3.63) is 40.9 Å². The Morgan fingerprint density at radius 2 is 1.92 bits per heavy atom. The summed E-state index contributed by atoms with van der Waals surface area (Å²) >= 11 is 2.87. The largest absolute Gasteiger partial charge is 0.348 e. The fourth-order valence-corrected chi connectivity index (χ4v) is 3.69. The number of hydrogen-bond acceptors (Lipinski definition) is 5. The Morgan fingerprint density at radius 3 is 2.42 bits per heavy atom. The molecule has 0 aliphatic rings. The predicted molar refractivity (Wildman–Crippen MR) is 101 cm³/mol. The zero-order valence-corrected chi connectivity index (χ0v) is 16.5. The van der Waals surface area contributed by atoms with Crippen molar-refractivity contribution >= 4 is 29.0 Å². The standard InChI is InChI=1S/C18H25N3OS2/c1-12(2)16(13-6-8-14(9-7-13)18(3,4)5)20-15(22)10-23-17-21-19-11-24-17/h6-9,11-12,16H,10H2,1-5H3,(H,20,22). The number of nitrogens with one attached hydrogen (secondary N) is 1. The molecular formula is C18H25N3OS2. The lowest BCUT2D eigenvalue weighted by Crippen LogP contribution is -2.33. The van der Waals surface area contributed by atoms with E-state index in [-0.39, 0.29) is 17.4 Å². The van der Waals surface area contributed by atoms with Gasteiger partial charge in [-0.1, -0.05) is 82.0 Å². The van der Waals surface area contributed by atoms with Crippen molar-refractivity contribution in [3.63, 3.8) is 0 Å². The number of benzene rings is 1. The van der Waals surface area contributed by atoms with Crippen molar-refractivity contribution in [1.29, 1.82) is 0 Å². The Bertz CT molecular complexity index is 646. The molecule has 130 valence electrons. The molecule has 0 aliphatic carbocycles. The summed E-state index contributed by atoms with van der Waals surface area (Å²) in [5.74, 6) is 0.702. The lowest BCUT2D eigenvalue weighted by atomic mass is 9.85. The Balaban J connectivity index is 2.02. The highest BCUT2D eigenvalue weighted by molar-refractivity contribution is 8.01. The third-order valence-corrected chi connectivity index (χ3v) is 5.65. The summed E-state index contributed by atoms with van der Waals surface area (Å²) in [4.78, 5) is 12.3. The summed E-state index contributed by atoms with van der Waals surface area (Å²) in [5, 5.41) is 10.9. The third-order valence-electron chi connectivity index (χ3n) is 3.79. The fourth-order valence-electron chi connectivity index (χ4n) is 2.39. The second-order valence-corrected chi connectivity index (χ2v) is 9.21. The van der Waals surface area contributed by atoms with Crippen LogP contribution in [0.5, 0.6) is 0 Å². The van der Waals surface area contributed by atoms with Gasteiger partial charge in [-0.15, -0.1) is 10.2 Å². The first kappa shape index (κ1) is 18.9. The molecule has 0 fully saturated rings. The number of hydrogen-bond donors (Lipinski definition) is 1. The summed E-state index contributed by atoms with van der Waals surface area (Å²) in [6, 6.07) is 8.59. The van der Waals surface area contributed by atoms with Crippen LogP contribution in [0.25, 0.3) is 0 Å². The van der Waals surface area contributed by atoms with E-state index in [9.17, 15) is 4.79 Å². The van der Waals surface area contributed by atoms with Crippen LogP contribution in [0.1, 0.15) is 51.8 Å². The number of thioether (sulfide) groups is 1. The molecule has 1 heterocycles. The van der Waals surface area contributed by atoms with E-state index in [0.717, 1.165) is 9.90 Å². The van der Waals surface area contributed by atoms with Gasteiger partial charge in [-0.3, -0.25) is 4.79 Å². The second kappa shape index (κ2) is 8.12.